The van der Waals surface area contributed by atoms with Crippen LogP contribution >= 0.6 is 0 Å². The van der Waals surface area contributed by atoms with Gasteiger partial charge in [0.1, 0.15) is 29.4 Å². The summed E-state index contributed by atoms with van der Waals surface area (Å²) >= 11 is 0. The van der Waals surface area contributed by atoms with Crippen LogP contribution in [0.5, 0.6) is 0 Å². The number of ketones is 1. The molecule has 7 N–H and O–H groups in total. The number of amides is 2. The quantitative estimate of drug-likeness (QED) is 0.0380. The zero-order valence-corrected chi connectivity index (χ0v) is 43.4. The predicted octanol–water partition coefficient (Wildman–Crippen LogP) is 4.51. The highest BCUT2D eigenvalue weighted by atomic mass is 16.7. The lowest BCUT2D eigenvalue weighted by Crippen LogP contribution is -2.61. The van der Waals surface area contributed by atoms with Crippen molar-refractivity contribution in [2.24, 2.45) is 23.5 Å². The van der Waals surface area contributed by atoms with Crippen LogP contribution in [-0.2, 0) is 44.6 Å². The van der Waals surface area contributed by atoms with Gasteiger partial charge in [0.15, 0.2) is 23.6 Å². The first-order valence-corrected chi connectivity index (χ1v) is 24.6. The van der Waals surface area contributed by atoms with E-state index in [1.165, 1.54) is 6.92 Å². The fourth-order valence-electron chi connectivity index (χ4n) is 10.2. The van der Waals surface area contributed by atoms with Crippen molar-refractivity contribution in [3.05, 3.63) is 30.5 Å². The zero-order chi connectivity index (χ0) is 51.9. The highest BCUT2D eigenvalue weighted by Gasteiger charge is 2.59. The molecule has 0 spiro atoms. The number of aliphatic hydroxyl groups excluding tert-OH is 1. The number of aryl methyl sites for hydroxylation is 1. The summed E-state index contributed by atoms with van der Waals surface area (Å²) in [5.74, 6) is -3.74. The molecule has 13 atom stereocenters. The van der Waals surface area contributed by atoms with Gasteiger partial charge in [0.25, 0.3) is 0 Å². The highest BCUT2D eigenvalue weighted by molar-refractivity contribution is 6.00. The number of esters is 1. The average molecular weight is 985 g/mol. The van der Waals surface area contributed by atoms with Crippen LogP contribution in [0.4, 0.5) is 15.3 Å². The van der Waals surface area contributed by atoms with Gasteiger partial charge in [0, 0.05) is 56.0 Å². The van der Waals surface area contributed by atoms with Gasteiger partial charge in [-0.25, -0.2) is 9.59 Å². The smallest absolute Gasteiger partial charge is 0.412 e. The number of carbonyl (C=O) groups is 4. The number of cyclic esters (lactones) is 1. The van der Waals surface area contributed by atoms with Crippen LogP contribution in [0.25, 0.3) is 11.3 Å². The van der Waals surface area contributed by atoms with Crippen LogP contribution in [0.15, 0.2) is 30.5 Å². The molecule has 3 aliphatic rings. The summed E-state index contributed by atoms with van der Waals surface area (Å²) in [6.07, 6.45) is -1.66. The first-order valence-electron chi connectivity index (χ1n) is 24.6. The van der Waals surface area contributed by atoms with E-state index >= 15 is 0 Å². The number of likely N-dealkylation sites (N-methyl/N-ethyl adjacent to an activating group) is 1. The number of benzene rings is 1. The minimum atomic E-state index is -1.29. The van der Waals surface area contributed by atoms with Crippen molar-refractivity contribution >= 4 is 35.6 Å². The molecule has 5 rings (SSSR count). The number of nitrogens with one attached hydrogen (secondary N) is 4. The lowest BCUT2D eigenvalue weighted by Gasteiger charge is -2.47. The number of guanidine groups is 1. The minimum Gasteiger partial charge on any atom is -0.458 e. The van der Waals surface area contributed by atoms with Crippen LogP contribution in [0.1, 0.15) is 101 Å². The van der Waals surface area contributed by atoms with Crippen molar-refractivity contribution in [3.63, 3.8) is 0 Å². The fourth-order valence-corrected chi connectivity index (χ4v) is 10.2. The van der Waals surface area contributed by atoms with Crippen LogP contribution in [0.2, 0.25) is 0 Å². The molecule has 2 aromatic rings. The molecule has 1 aromatic carbocycles. The molecule has 0 saturated carbocycles. The number of hydrogen-bond donors (Lipinski definition) is 6. The monoisotopic (exact) mass is 985 g/mol. The number of rotatable bonds is 14. The summed E-state index contributed by atoms with van der Waals surface area (Å²) < 4.78 is 38.9. The Balaban J connectivity index is 1.34. The van der Waals surface area contributed by atoms with Crippen molar-refractivity contribution in [3.8, 4) is 11.3 Å². The van der Waals surface area contributed by atoms with Gasteiger partial charge in [-0.3, -0.25) is 29.9 Å². The maximum Gasteiger partial charge on any atom is 0.412 e. The van der Waals surface area contributed by atoms with Gasteiger partial charge in [-0.2, -0.15) is 0 Å². The molecule has 4 heterocycles. The number of Topliss-reactive ketones (excluding diaryl/α,β-unsaturated/α-hetero) is 1. The van der Waals surface area contributed by atoms with E-state index in [1.54, 1.807) is 63.4 Å². The standard InChI is InChI=1S/C49H80N10O11/c1-14-37-49(10)40(59(46(64)70-49)21-16-15-20-58-27-35(55-56-58)32-18-17-19-33(22-32)54-45(63)69-47(6,7)8)31(5)52-25-28(2)24-48(9,65-13)41(29(3)38(60)30(4)42(62)67-37)68-43-39(61)36(57(11)12)23-34(66-43)26-53-44(50)51/h17-19,22,27-31,34,36-37,39-41,43,52,61H,14-16,20-21,23-26H2,1-13H3,(H,54,63)(H4,50,51,53)/t28-,29+,30-,31-,34?,36?,37-,39?,40-,41-,43+,48-,49-/m1/s1. The van der Waals surface area contributed by atoms with Crippen molar-refractivity contribution in [2.45, 2.75) is 174 Å². The van der Waals surface area contributed by atoms with E-state index < -0.39 is 95.4 Å². The van der Waals surface area contributed by atoms with E-state index in [2.05, 4.69) is 33.2 Å². The third-order valence-corrected chi connectivity index (χ3v) is 13.8. The lowest BCUT2D eigenvalue weighted by atomic mass is 9.78. The molecule has 3 fully saturated rings. The Morgan fingerprint density at radius 1 is 1.11 bits per heavy atom. The Bertz CT molecular complexity index is 2120. The van der Waals surface area contributed by atoms with E-state index in [9.17, 15) is 24.3 Å². The van der Waals surface area contributed by atoms with E-state index in [1.807, 2.05) is 58.1 Å². The number of hydrogen-bond acceptors (Lipinski definition) is 16. The number of anilines is 1. The number of ether oxygens (including phenoxy) is 6. The number of aromatic nitrogens is 3. The fraction of sp³-hybridized carbons (Fsp3) is 0.735. The molecule has 0 bridgehead atoms. The second kappa shape index (κ2) is 23.5. The van der Waals surface area contributed by atoms with Gasteiger partial charge >= 0.3 is 18.2 Å². The first kappa shape index (κ1) is 56.0. The molecule has 0 aliphatic carbocycles. The number of carbonyl (C=O) groups excluding carboxylic acids is 4. The molecule has 0 radical (unpaired) electrons. The van der Waals surface area contributed by atoms with Gasteiger partial charge in [-0.15, -0.1) is 5.10 Å². The van der Waals surface area contributed by atoms with Crippen LogP contribution in [0, 0.1) is 23.2 Å². The Labute approximate surface area is 413 Å². The maximum absolute atomic E-state index is 14.6. The molecule has 21 heteroatoms. The van der Waals surface area contributed by atoms with Gasteiger partial charge in [-0.05, 0) is 119 Å². The summed E-state index contributed by atoms with van der Waals surface area (Å²) in [6, 6.07) is 5.92. The van der Waals surface area contributed by atoms with E-state index in [-0.39, 0.29) is 24.5 Å². The third kappa shape index (κ3) is 13.7. The molecule has 3 saturated heterocycles. The van der Waals surface area contributed by atoms with Gasteiger partial charge in [0.05, 0.1) is 30.0 Å². The average Bonchev–Trinajstić information content (AvgIpc) is 3.87. The number of fused-ring (bicyclic) bond motifs is 1. The first-order chi connectivity index (χ1) is 32.8. The van der Waals surface area contributed by atoms with E-state index in [4.69, 9.17) is 39.6 Å². The van der Waals surface area contributed by atoms with E-state index in [0.717, 1.165) is 5.56 Å². The Kier molecular flexibility index (Phi) is 18.8. The van der Waals surface area contributed by atoms with Crippen LogP contribution in [0.3, 0.4) is 0 Å². The van der Waals surface area contributed by atoms with Crippen LogP contribution < -0.4 is 21.7 Å². The number of unbranched alkanes of at least 4 members (excludes halogenated alkanes) is 1. The summed E-state index contributed by atoms with van der Waals surface area (Å²) in [7, 11) is 5.24. The topological polar surface area (TPSA) is 267 Å². The van der Waals surface area contributed by atoms with E-state index in [0.29, 0.717) is 63.1 Å². The third-order valence-electron chi connectivity index (χ3n) is 13.8. The second-order valence-electron chi connectivity index (χ2n) is 21.0. The van der Waals surface area contributed by atoms with Gasteiger partial charge < -0.3 is 54.8 Å². The second-order valence-corrected chi connectivity index (χ2v) is 21.0. The predicted molar refractivity (Wildman–Crippen MR) is 262 cm³/mol. The summed E-state index contributed by atoms with van der Waals surface area (Å²) in [6.45, 7) is 19.6. The molecular formula is C49H80N10O11. The van der Waals surface area contributed by atoms with Crippen LogP contribution in [-0.4, -0.2) is 166 Å². The Morgan fingerprint density at radius 3 is 2.46 bits per heavy atom. The molecule has 21 nitrogen and oxygen atoms in total. The molecule has 70 heavy (non-hydrogen) atoms. The number of methoxy groups -OCH3 is 1. The normalized spacial score (nSPS) is 32.6. The van der Waals surface area contributed by atoms with Crippen molar-refractivity contribution in [1.82, 2.24) is 35.4 Å². The highest BCUT2D eigenvalue weighted by Crippen LogP contribution is 2.40. The molecule has 2 amide bonds. The van der Waals surface area contributed by atoms with Crippen molar-refractivity contribution < 1.29 is 52.7 Å². The molecular weight excluding hydrogens is 905 g/mol. The molecule has 1 aromatic heterocycles. The number of nitrogens with zero attached hydrogens (tertiary/aromatic N) is 5. The number of aliphatic hydroxyl groups is 1. The van der Waals surface area contributed by atoms with Gasteiger partial charge in [0.2, 0.25) is 0 Å². The van der Waals surface area contributed by atoms with Gasteiger partial charge in [-0.1, -0.05) is 38.1 Å². The SMILES string of the molecule is CC[C@H]1OC(=O)[C@H](C)C(=O)[C@H](C)[C@@H](O[C@@H]2OC(CNC(=N)N)CC(N(C)C)C2O)[C@](C)(OC)C[C@@H](C)CN[C@H](C)[C@H]2N(CCCCn3cc(-c4cccc(NC(=O)OC(C)(C)C)c4)nn3)C(=O)O[C@]12C. The summed E-state index contributed by atoms with van der Waals surface area (Å²) in [5, 5.41) is 37.3. The summed E-state index contributed by atoms with van der Waals surface area (Å²) in [4.78, 5) is 58.7. The van der Waals surface area contributed by atoms with Crippen molar-refractivity contribution in [2.75, 3.05) is 46.2 Å². The largest absolute Gasteiger partial charge is 0.458 e. The Morgan fingerprint density at radius 2 is 1.81 bits per heavy atom. The molecule has 3 unspecified atom stereocenters. The summed E-state index contributed by atoms with van der Waals surface area (Å²) in [5.41, 5.74) is 4.47. The maximum atomic E-state index is 14.6. The number of nitrogens with two attached hydrogens (primary N) is 1. The minimum absolute atomic E-state index is 0.0866. The zero-order valence-electron chi connectivity index (χ0n) is 43.4. The molecule has 3 aliphatic heterocycles. The van der Waals surface area contributed by atoms with Crippen molar-refractivity contribution in [1.29, 1.82) is 5.41 Å². The lowest BCUT2D eigenvalue weighted by molar-refractivity contribution is -0.296. The Hall–Kier alpha value is -4.93. The molecule has 392 valence electrons.